The van der Waals surface area contributed by atoms with Gasteiger partial charge in [-0.15, -0.1) is 0 Å². The normalized spacial score (nSPS) is 15.2. The monoisotopic (exact) mass is 481 g/mol. The number of carbonyl (C=O) groups is 1. The van der Waals surface area contributed by atoms with Crippen molar-refractivity contribution in [2.45, 2.75) is 71.8 Å². The molecule has 1 aliphatic heterocycles. The van der Waals surface area contributed by atoms with Gasteiger partial charge in [-0.25, -0.2) is 14.8 Å². The fourth-order valence-corrected chi connectivity index (χ4v) is 4.74. The second-order valence-corrected chi connectivity index (χ2v) is 10.6. The van der Waals surface area contributed by atoms with Crippen LogP contribution in [0.15, 0.2) is 18.2 Å². The number of unbranched alkanes of at least 4 members (excludes halogenated alkanes) is 1. The van der Waals surface area contributed by atoms with Gasteiger partial charge in [0.1, 0.15) is 22.7 Å². The van der Waals surface area contributed by atoms with Crippen LogP contribution in [0.1, 0.15) is 65.6 Å². The highest BCUT2D eigenvalue weighted by Crippen LogP contribution is 2.31. The highest BCUT2D eigenvalue weighted by atomic mass is 16.6. The van der Waals surface area contributed by atoms with E-state index < -0.39 is 5.60 Å². The lowest BCUT2D eigenvalue weighted by atomic mass is 9.94. The van der Waals surface area contributed by atoms with Gasteiger partial charge in [-0.2, -0.15) is 0 Å². The molecule has 2 N–H and O–H groups in total. The van der Waals surface area contributed by atoms with Gasteiger partial charge in [0.2, 0.25) is 0 Å². The van der Waals surface area contributed by atoms with E-state index in [0.29, 0.717) is 18.3 Å². The Kier molecular flexibility index (Phi) is 7.38. The van der Waals surface area contributed by atoms with Crippen LogP contribution in [-0.4, -0.2) is 50.8 Å². The third-order valence-corrected chi connectivity index (χ3v) is 6.71. The van der Waals surface area contributed by atoms with Crippen LogP contribution in [0.2, 0.25) is 0 Å². The number of benzene rings is 1. The molecule has 1 amide bonds. The number of amides is 1. The first kappa shape index (κ1) is 25.1. The summed E-state index contributed by atoms with van der Waals surface area (Å²) >= 11 is 0. The van der Waals surface area contributed by atoms with Crippen molar-refractivity contribution < 1.29 is 14.3 Å². The number of carbonyl (C=O) groups excluding carboxylic acids is 1. The number of hydrogen-bond donors (Lipinski definition) is 1. The molecule has 1 fully saturated rings. The van der Waals surface area contributed by atoms with Crippen LogP contribution in [0.3, 0.4) is 0 Å². The van der Waals surface area contributed by atoms with E-state index in [1.807, 2.05) is 37.8 Å². The largest absolute Gasteiger partial charge is 0.494 e. The van der Waals surface area contributed by atoms with E-state index >= 15 is 0 Å². The number of likely N-dealkylation sites (tertiary alicyclic amines) is 1. The highest BCUT2D eigenvalue weighted by molar-refractivity contribution is 6.07. The summed E-state index contributed by atoms with van der Waals surface area (Å²) in [6.45, 7) is 10.00. The molecule has 0 bridgehead atoms. The number of hydrogen-bond acceptors (Lipinski definition) is 6. The number of aryl methyl sites for hydroxylation is 2. The fraction of sp³-hybridized carbons (Fsp3) is 0.593. The van der Waals surface area contributed by atoms with Gasteiger partial charge in [0, 0.05) is 31.9 Å². The van der Waals surface area contributed by atoms with E-state index in [4.69, 9.17) is 20.2 Å². The Bertz CT molecular complexity index is 1190. The van der Waals surface area contributed by atoms with Gasteiger partial charge in [-0.1, -0.05) is 13.3 Å². The quantitative estimate of drug-likeness (QED) is 0.481. The van der Waals surface area contributed by atoms with Crippen LogP contribution in [0.25, 0.3) is 21.9 Å². The molecule has 35 heavy (non-hydrogen) atoms. The van der Waals surface area contributed by atoms with Crippen molar-refractivity contribution in [2.24, 2.45) is 13.0 Å². The summed E-state index contributed by atoms with van der Waals surface area (Å²) in [5, 5.41) is 1.01. The molecule has 2 aromatic heterocycles. The minimum Gasteiger partial charge on any atom is -0.494 e. The summed E-state index contributed by atoms with van der Waals surface area (Å²) in [5.74, 6) is 2.87. The molecule has 0 spiro atoms. The summed E-state index contributed by atoms with van der Waals surface area (Å²) in [6.07, 6.45) is 5.83. The lowest BCUT2D eigenvalue weighted by molar-refractivity contribution is 0.0177. The summed E-state index contributed by atoms with van der Waals surface area (Å²) in [5.41, 5.74) is 8.41. The summed E-state index contributed by atoms with van der Waals surface area (Å²) < 4.78 is 13.8. The number of piperidine rings is 1. The molecule has 1 aromatic carbocycles. The van der Waals surface area contributed by atoms with E-state index in [1.165, 1.54) is 0 Å². The highest BCUT2D eigenvalue weighted by Gasteiger charge is 2.26. The van der Waals surface area contributed by atoms with Crippen molar-refractivity contribution in [3.8, 4) is 5.75 Å². The molecule has 0 radical (unpaired) electrons. The van der Waals surface area contributed by atoms with Crippen molar-refractivity contribution in [2.75, 3.05) is 25.4 Å². The Morgan fingerprint density at radius 2 is 1.94 bits per heavy atom. The first-order valence-corrected chi connectivity index (χ1v) is 12.8. The molecule has 0 atom stereocenters. The molecule has 8 heteroatoms. The summed E-state index contributed by atoms with van der Waals surface area (Å²) in [7, 11) is 2.05. The number of nitrogen functional groups attached to an aromatic ring is 1. The molecule has 3 heterocycles. The van der Waals surface area contributed by atoms with Crippen molar-refractivity contribution in [3.63, 3.8) is 0 Å². The number of nitrogens with zero attached hydrogens (tertiary/aromatic N) is 4. The lowest BCUT2D eigenvalue weighted by Crippen LogP contribution is -2.41. The third kappa shape index (κ3) is 5.80. The zero-order valence-electron chi connectivity index (χ0n) is 21.8. The van der Waals surface area contributed by atoms with Gasteiger partial charge < -0.3 is 24.7 Å². The Morgan fingerprint density at radius 1 is 1.20 bits per heavy atom. The van der Waals surface area contributed by atoms with Crippen LogP contribution in [0, 0.1) is 5.92 Å². The van der Waals surface area contributed by atoms with Crippen molar-refractivity contribution in [1.82, 2.24) is 19.4 Å². The number of imidazole rings is 1. The fourth-order valence-electron chi connectivity index (χ4n) is 4.74. The second-order valence-electron chi connectivity index (χ2n) is 10.6. The molecular weight excluding hydrogens is 442 g/mol. The zero-order chi connectivity index (χ0) is 25.2. The van der Waals surface area contributed by atoms with Gasteiger partial charge in [0.25, 0.3) is 0 Å². The van der Waals surface area contributed by atoms with Gasteiger partial charge in [0.15, 0.2) is 5.82 Å². The number of nitrogens with two attached hydrogens (primary N) is 1. The minimum atomic E-state index is -0.457. The molecule has 3 aromatic rings. The Hall–Kier alpha value is -3.03. The molecular formula is C27H39N5O3. The average Bonchev–Trinajstić information content (AvgIpc) is 3.14. The molecule has 0 saturated carbocycles. The SMILES string of the molecule is CCCCc1nc2c(N)nc3ccc(OCCC4CCN(C(=O)OC(C)(C)C)CC4)cc3c2n1C. The zero-order valence-corrected chi connectivity index (χ0v) is 21.8. The summed E-state index contributed by atoms with van der Waals surface area (Å²) in [6, 6.07) is 5.99. The van der Waals surface area contributed by atoms with E-state index in [0.717, 1.165) is 85.1 Å². The predicted octanol–water partition coefficient (Wildman–Crippen LogP) is 5.46. The van der Waals surface area contributed by atoms with Gasteiger partial charge >= 0.3 is 6.09 Å². The topological polar surface area (TPSA) is 95.5 Å². The molecule has 8 nitrogen and oxygen atoms in total. The number of aromatic nitrogens is 3. The van der Waals surface area contributed by atoms with Gasteiger partial charge in [-0.05, 0) is 70.6 Å². The second kappa shape index (κ2) is 10.3. The first-order valence-electron chi connectivity index (χ1n) is 12.8. The number of ether oxygens (including phenoxy) is 2. The molecule has 0 aliphatic carbocycles. The molecule has 1 aliphatic rings. The Morgan fingerprint density at radius 3 is 2.63 bits per heavy atom. The molecule has 4 rings (SSSR count). The van der Waals surface area contributed by atoms with E-state index in [2.05, 4.69) is 29.6 Å². The van der Waals surface area contributed by atoms with Crippen LogP contribution in [-0.2, 0) is 18.2 Å². The van der Waals surface area contributed by atoms with Crippen molar-refractivity contribution in [1.29, 1.82) is 0 Å². The predicted molar refractivity (Wildman–Crippen MR) is 140 cm³/mol. The van der Waals surface area contributed by atoms with Crippen molar-refractivity contribution >= 4 is 33.8 Å². The maximum absolute atomic E-state index is 12.3. The van der Waals surface area contributed by atoms with Crippen LogP contribution in [0.4, 0.5) is 10.6 Å². The van der Waals surface area contributed by atoms with Crippen molar-refractivity contribution in [3.05, 3.63) is 24.0 Å². The van der Waals surface area contributed by atoms with E-state index in [1.54, 1.807) is 0 Å². The standard InChI is InChI=1S/C27H39N5O3/c1-6-7-8-22-30-23-24(31(22)5)20-17-19(9-10-21(20)29-25(23)28)34-16-13-18-11-14-32(15-12-18)26(33)35-27(2,3)4/h9-10,17-18H,6-8,11-16H2,1-5H3,(H2,28,29). The Labute approximate surface area is 207 Å². The Balaban J connectivity index is 1.39. The maximum atomic E-state index is 12.3. The van der Waals surface area contributed by atoms with Crippen LogP contribution >= 0.6 is 0 Å². The minimum absolute atomic E-state index is 0.211. The number of pyridine rings is 1. The number of fused-ring (bicyclic) bond motifs is 3. The summed E-state index contributed by atoms with van der Waals surface area (Å²) in [4.78, 5) is 23.5. The lowest BCUT2D eigenvalue weighted by Gasteiger charge is -2.33. The van der Waals surface area contributed by atoms with Crippen LogP contribution < -0.4 is 10.5 Å². The molecule has 0 unspecified atom stereocenters. The average molecular weight is 482 g/mol. The number of rotatable bonds is 7. The maximum Gasteiger partial charge on any atom is 0.410 e. The first-order chi connectivity index (χ1) is 16.7. The van der Waals surface area contributed by atoms with E-state index in [-0.39, 0.29) is 6.09 Å². The third-order valence-electron chi connectivity index (χ3n) is 6.71. The molecule has 1 saturated heterocycles. The molecule has 190 valence electrons. The van der Waals surface area contributed by atoms with Gasteiger partial charge in [-0.3, -0.25) is 0 Å². The van der Waals surface area contributed by atoms with Crippen LogP contribution in [0.5, 0.6) is 5.75 Å². The van der Waals surface area contributed by atoms with Gasteiger partial charge in [0.05, 0.1) is 17.6 Å². The smallest absolute Gasteiger partial charge is 0.410 e. The number of anilines is 1. The van der Waals surface area contributed by atoms with E-state index in [9.17, 15) is 4.79 Å².